The lowest BCUT2D eigenvalue weighted by atomic mass is 9.93. The molecule has 0 N–H and O–H groups in total. The third kappa shape index (κ3) is 6.54. The summed E-state index contributed by atoms with van der Waals surface area (Å²) in [5.41, 5.74) is 11.4. The predicted octanol–water partition coefficient (Wildman–Crippen LogP) is 13.8. The maximum Gasteiger partial charge on any atom is 0.164 e. The van der Waals surface area contributed by atoms with Crippen LogP contribution >= 0.6 is 0 Å². The number of hydrogen-bond donors (Lipinski definition) is 0. The standard InChI is InChI=1S/C55H35N5/c1-2-10-40(11-3-1)53-58-54(41-26-27-51-49-16-5-4-14-47(49)48-15-6-7-17-50(48)52(51)33-41)60-55(59-53)46-31-44(38-22-18-36(19-23-38)42-12-8-28-56-34-42)30-45(32-46)39-24-20-37(21-25-39)43-13-9-29-57-35-43/h1-35H. The average Bonchev–Trinajstić information content (AvgIpc) is 3.34. The summed E-state index contributed by atoms with van der Waals surface area (Å²) in [5.74, 6) is 1.84. The maximum absolute atomic E-state index is 5.29. The van der Waals surface area contributed by atoms with Gasteiger partial charge in [-0.05, 0) is 113 Å². The van der Waals surface area contributed by atoms with Crippen molar-refractivity contribution in [3.8, 4) is 78.7 Å². The van der Waals surface area contributed by atoms with Crippen molar-refractivity contribution < 1.29 is 0 Å². The van der Waals surface area contributed by atoms with Crippen molar-refractivity contribution in [1.82, 2.24) is 24.9 Å². The maximum atomic E-state index is 5.29. The van der Waals surface area contributed by atoms with E-state index in [1.807, 2.05) is 42.7 Å². The monoisotopic (exact) mass is 765 g/mol. The topological polar surface area (TPSA) is 64.5 Å². The molecule has 5 heteroatoms. The molecule has 0 unspecified atom stereocenters. The fourth-order valence-electron chi connectivity index (χ4n) is 8.26. The molecule has 8 aromatic carbocycles. The van der Waals surface area contributed by atoms with Gasteiger partial charge in [-0.25, -0.2) is 15.0 Å². The Morgan fingerprint density at radius 1 is 0.217 bits per heavy atom. The second kappa shape index (κ2) is 15.0. The van der Waals surface area contributed by atoms with E-state index < -0.39 is 0 Å². The van der Waals surface area contributed by atoms with E-state index in [-0.39, 0.29) is 0 Å². The molecular weight excluding hydrogens is 731 g/mol. The van der Waals surface area contributed by atoms with Crippen LogP contribution in [-0.4, -0.2) is 24.9 Å². The zero-order chi connectivity index (χ0) is 39.8. The van der Waals surface area contributed by atoms with E-state index in [2.05, 4.69) is 168 Å². The third-order valence-electron chi connectivity index (χ3n) is 11.3. The molecule has 0 bridgehead atoms. The van der Waals surface area contributed by atoms with Crippen molar-refractivity contribution in [2.45, 2.75) is 0 Å². The summed E-state index contributed by atoms with van der Waals surface area (Å²) < 4.78 is 0. The Morgan fingerprint density at radius 2 is 0.583 bits per heavy atom. The Balaban J connectivity index is 1.09. The van der Waals surface area contributed by atoms with Gasteiger partial charge in [0.15, 0.2) is 17.5 Å². The van der Waals surface area contributed by atoms with E-state index in [0.717, 1.165) is 61.2 Å². The predicted molar refractivity (Wildman–Crippen MR) is 246 cm³/mol. The first kappa shape index (κ1) is 35.0. The quantitative estimate of drug-likeness (QED) is 0.151. The lowest BCUT2D eigenvalue weighted by Crippen LogP contribution is -2.00. The highest BCUT2D eigenvalue weighted by molar-refractivity contribution is 6.25. The van der Waals surface area contributed by atoms with E-state index in [1.165, 1.54) is 32.3 Å². The van der Waals surface area contributed by atoms with Crippen molar-refractivity contribution in [1.29, 1.82) is 0 Å². The molecule has 3 heterocycles. The van der Waals surface area contributed by atoms with Crippen LogP contribution in [0.4, 0.5) is 0 Å². The van der Waals surface area contributed by atoms with Gasteiger partial charge in [0.2, 0.25) is 0 Å². The molecule has 0 amide bonds. The fourth-order valence-corrected chi connectivity index (χ4v) is 8.26. The molecule has 60 heavy (non-hydrogen) atoms. The molecule has 0 fully saturated rings. The molecule has 0 aliphatic carbocycles. The second-order valence-electron chi connectivity index (χ2n) is 15.0. The Bertz CT molecular complexity index is 3200. The summed E-state index contributed by atoms with van der Waals surface area (Å²) in [5, 5.41) is 7.27. The molecule has 0 atom stereocenters. The van der Waals surface area contributed by atoms with Crippen LogP contribution in [0.5, 0.6) is 0 Å². The van der Waals surface area contributed by atoms with Gasteiger partial charge in [0.25, 0.3) is 0 Å². The normalized spacial score (nSPS) is 11.3. The molecule has 0 saturated heterocycles. The van der Waals surface area contributed by atoms with Crippen molar-refractivity contribution in [3.63, 3.8) is 0 Å². The zero-order valence-corrected chi connectivity index (χ0v) is 32.4. The fraction of sp³-hybridized carbons (Fsp3) is 0. The summed E-state index contributed by atoms with van der Waals surface area (Å²) >= 11 is 0. The van der Waals surface area contributed by atoms with Crippen LogP contribution in [0.1, 0.15) is 0 Å². The molecule has 0 spiro atoms. The molecule has 11 aromatic rings. The Kier molecular flexibility index (Phi) is 8.75. The van der Waals surface area contributed by atoms with Gasteiger partial charge < -0.3 is 0 Å². The van der Waals surface area contributed by atoms with Gasteiger partial charge in [0.1, 0.15) is 0 Å². The first-order valence-corrected chi connectivity index (χ1v) is 20.0. The molecule has 0 radical (unpaired) electrons. The molecule has 3 aromatic heterocycles. The zero-order valence-electron chi connectivity index (χ0n) is 32.4. The highest BCUT2D eigenvalue weighted by atomic mass is 15.0. The number of rotatable bonds is 7. The van der Waals surface area contributed by atoms with Crippen LogP contribution in [-0.2, 0) is 0 Å². The Hall–Kier alpha value is -8.15. The molecule has 280 valence electrons. The minimum atomic E-state index is 0.601. The van der Waals surface area contributed by atoms with Gasteiger partial charge in [-0.2, -0.15) is 0 Å². The number of hydrogen-bond acceptors (Lipinski definition) is 5. The van der Waals surface area contributed by atoms with Crippen LogP contribution in [0.3, 0.4) is 0 Å². The first-order chi connectivity index (χ1) is 29.7. The Morgan fingerprint density at radius 3 is 1.07 bits per heavy atom. The van der Waals surface area contributed by atoms with Gasteiger partial charge in [-0.3, -0.25) is 9.97 Å². The summed E-state index contributed by atoms with van der Waals surface area (Å²) in [6.45, 7) is 0. The summed E-state index contributed by atoms with van der Waals surface area (Å²) in [4.78, 5) is 24.3. The highest BCUT2D eigenvalue weighted by Gasteiger charge is 2.17. The van der Waals surface area contributed by atoms with Crippen molar-refractivity contribution in [2.75, 3.05) is 0 Å². The van der Waals surface area contributed by atoms with Gasteiger partial charge in [0.05, 0.1) is 0 Å². The number of fused-ring (bicyclic) bond motifs is 6. The molecular formula is C55H35N5. The first-order valence-electron chi connectivity index (χ1n) is 20.0. The number of aromatic nitrogens is 5. The van der Waals surface area contributed by atoms with E-state index >= 15 is 0 Å². The molecule has 0 aliphatic heterocycles. The minimum absolute atomic E-state index is 0.601. The third-order valence-corrected chi connectivity index (χ3v) is 11.3. The lowest BCUT2D eigenvalue weighted by molar-refractivity contribution is 1.07. The molecule has 5 nitrogen and oxygen atoms in total. The number of benzene rings is 8. The number of pyridine rings is 2. The highest BCUT2D eigenvalue weighted by Crippen LogP contribution is 2.38. The average molecular weight is 766 g/mol. The molecule has 0 saturated carbocycles. The van der Waals surface area contributed by atoms with E-state index in [0.29, 0.717) is 17.5 Å². The van der Waals surface area contributed by atoms with Crippen molar-refractivity contribution >= 4 is 32.3 Å². The van der Waals surface area contributed by atoms with E-state index in [9.17, 15) is 0 Å². The molecule has 0 aliphatic rings. The van der Waals surface area contributed by atoms with Crippen LogP contribution in [0.25, 0.3) is 111 Å². The van der Waals surface area contributed by atoms with Crippen LogP contribution in [0.2, 0.25) is 0 Å². The largest absolute Gasteiger partial charge is 0.264 e. The van der Waals surface area contributed by atoms with E-state index in [4.69, 9.17) is 15.0 Å². The van der Waals surface area contributed by atoms with Crippen molar-refractivity contribution in [3.05, 3.63) is 213 Å². The van der Waals surface area contributed by atoms with Crippen LogP contribution < -0.4 is 0 Å². The van der Waals surface area contributed by atoms with Gasteiger partial charge >= 0.3 is 0 Å². The van der Waals surface area contributed by atoms with E-state index in [1.54, 1.807) is 12.4 Å². The summed E-state index contributed by atoms with van der Waals surface area (Å²) in [6.07, 6.45) is 7.39. The Labute approximate surface area is 347 Å². The lowest BCUT2D eigenvalue weighted by Gasteiger charge is -2.14. The second-order valence-corrected chi connectivity index (χ2v) is 15.0. The molecule has 11 rings (SSSR count). The van der Waals surface area contributed by atoms with Crippen LogP contribution in [0, 0.1) is 0 Å². The summed E-state index contributed by atoms with van der Waals surface area (Å²) in [6, 6.07) is 66.1. The van der Waals surface area contributed by atoms with Gasteiger partial charge in [-0.1, -0.05) is 152 Å². The summed E-state index contributed by atoms with van der Waals surface area (Å²) in [7, 11) is 0. The van der Waals surface area contributed by atoms with Crippen molar-refractivity contribution in [2.24, 2.45) is 0 Å². The minimum Gasteiger partial charge on any atom is -0.264 e. The number of nitrogens with zero attached hydrogens (tertiary/aromatic N) is 5. The van der Waals surface area contributed by atoms with Gasteiger partial charge in [-0.15, -0.1) is 0 Å². The van der Waals surface area contributed by atoms with Crippen LogP contribution in [0.15, 0.2) is 213 Å². The van der Waals surface area contributed by atoms with Gasteiger partial charge in [0, 0.05) is 41.5 Å². The smallest absolute Gasteiger partial charge is 0.164 e. The SMILES string of the molecule is c1ccc(-c2nc(-c3cc(-c4ccc(-c5cccnc5)cc4)cc(-c4ccc(-c5cccnc5)cc4)c3)nc(-c3ccc4c5ccccc5c5ccccc5c4c3)n2)cc1.